The summed E-state index contributed by atoms with van der Waals surface area (Å²) >= 11 is 3.31. The number of hydrogen-bond acceptors (Lipinski definition) is 3. The molecule has 0 spiro atoms. The molecule has 128 valence electrons. The van der Waals surface area contributed by atoms with Gasteiger partial charge < -0.3 is 4.90 Å². The van der Waals surface area contributed by atoms with Gasteiger partial charge in [-0.15, -0.1) is 0 Å². The lowest BCUT2D eigenvalue weighted by atomic mass is 10.2. The summed E-state index contributed by atoms with van der Waals surface area (Å²) in [5, 5.41) is 0. The zero-order valence-electron chi connectivity index (χ0n) is 13.5. The number of halogens is 1. The highest BCUT2D eigenvalue weighted by Crippen LogP contribution is 2.21. The van der Waals surface area contributed by atoms with Gasteiger partial charge >= 0.3 is 0 Å². The molecule has 0 aliphatic carbocycles. The molecular weight excluding hydrogens is 392 g/mol. The van der Waals surface area contributed by atoms with Crippen LogP contribution in [0.25, 0.3) is 0 Å². The summed E-state index contributed by atoms with van der Waals surface area (Å²) in [6.45, 7) is 0.196. The Bertz CT molecular complexity index is 792. The van der Waals surface area contributed by atoms with Crippen molar-refractivity contribution in [1.82, 2.24) is 4.90 Å². The lowest BCUT2D eigenvalue weighted by Crippen LogP contribution is -2.41. The van der Waals surface area contributed by atoms with Crippen LogP contribution in [0.1, 0.15) is 5.56 Å². The average molecular weight is 411 g/mol. The van der Waals surface area contributed by atoms with E-state index in [1.54, 1.807) is 31.3 Å². The van der Waals surface area contributed by atoms with E-state index in [1.807, 2.05) is 30.3 Å². The molecule has 0 saturated heterocycles. The first-order valence-corrected chi connectivity index (χ1v) is 9.92. The molecule has 24 heavy (non-hydrogen) atoms. The van der Waals surface area contributed by atoms with Crippen LogP contribution in [-0.4, -0.2) is 39.1 Å². The first-order valence-electron chi connectivity index (χ1n) is 7.28. The summed E-state index contributed by atoms with van der Waals surface area (Å²) in [5.74, 6) is -0.271. The summed E-state index contributed by atoms with van der Waals surface area (Å²) in [6, 6.07) is 16.4. The highest BCUT2D eigenvalue weighted by atomic mass is 79.9. The average Bonchev–Trinajstić information content (AvgIpc) is 2.53. The van der Waals surface area contributed by atoms with Crippen molar-refractivity contribution in [1.29, 1.82) is 0 Å². The van der Waals surface area contributed by atoms with E-state index in [4.69, 9.17) is 0 Å². The highest BCUT2D eigenvalue weighted by Gasteiger charge is 2.22. The number of carbonyl (C=O) groups is 1. The number of amides is 1. The molecule has 0 radical (unpaired) electrons. The number of benzene rings is 2. The van der Waals surface area contributed by atoms with Crippen LogP contribution in [0.2, 0.25) is 0 Å². The minimum Gasteiger partial charge on any atom is -0.340 e. The second-order valence-corrected chi connectivity index (χ2v) is 8.30. The van der Waals surface area contributed by atoms with Gasteiger partial charge in [0.25, 0.3) is 0 Å². The molecule has 5 nitrogen and oxygen atoms in total. The van der Waals surface area contributed by atoms with Gasteiger partial charge in [-0.05, 0) is 29.8 Å². The van der Waals surface area contributed by atoms with E-state index >= 15 is 0 Å². The molecule has 0 heterocycles. The van der Waals surface area contributed by atoms with Crippen molar-refractivity contribution >= 4 is 37.5 Å². The Morgan fingerprint density at radius 3 is 2.17 bits per heavy atom. The first kappa shape index (κ1) is 18.5. The number of likely N-dealkylation sites (N-methyl/N-ethyl adjacent to an activating group) is 1. The van der Waals surface area contributed by atoms with Gasteiger partial charge in [-0.3, -0.25) is 9.10 Å². The Kier molecular flexibility index (Phi) is 6.01. The van der Waals surface area contributed by atoms with Gasteiger partial charge in [0.15, 0.2) is 0 Å². The fourth-order valence-electron chi connectivity index (χ4n) is 2.20. The maximum absolute atomic E-state index is 12.5. The molecule has 0 N–H and O–H groups in total. The minimum atomic E-state index is -3.56. The molecule has 2 aromatic carbocycles. The number of carbonyl (C=O) groups excluding carboxylic acids is 1. The second kappa shape index (κ2) is 7.81. The Morgan fingerprint density at radius 1 is 1.04 bits per heavy atom. The normalized spacial score (nSPS) is 11.1. The maximum atomic E-state index is 12.5. The van der Waals surface area contributed by atoms with E-state index < -0.39 is 10.0 Å². The summed E-state index contributed by atoms with van der Waals surface area (Å²) < 4.78 is 26.1. The zero-order valence-corrected chi connectivity index (χ0v) is 15.9. The molecule has 0 atom stereocenters. The van der Waals surface area contributed by atoms with Crippen molar-refractivity contribution in [2.75, 3.05) is 24.2 Å². The molecule has 0 aromatic heterocycles. The van der Waals surface area contributed by atoms with Crippen molar-refractivity contribution in [3.05, 3.63) is 64.6 Å². The molecule has 0 unspecified atom stereocenters. The van der Waals surface area contributed by atoms with Gasteiger partial charge in [0.05, 0.1) is 11.9 Å². The number of rotatable bonds is 6. The van der Waals surface area contributed by atoms with Crippen LogP contribution in [0.3, 0.4) is 0 Å². The van der Waals surface area contributed by atoms with Crippen molar-refractivity contribution in [2.24, 2.45) is 0 Å². The van der Waals surface area contributed by atoms with E-state index in [2.05, 4.69) is 15.9 Å². The molecule has 1 amide bonds. The summed E-state index contributed by atoms with van der Waals surface area (Å²) in [5.41, 5.74) is 1.45. The van der Waals surface area contributed by atoms with E-state index in [-0.39, 0.29) is 12.5 Å². The van der Waals surface area contributed by atoms with E-state index in [0.717, 1.165) is 20.6 Å². The molecule has 0 fully saturated rings. The minimum absolute atomic E-state index is 0.232. The van der Waals surface area contributed by atoms with Gasteiger partial charge in [0, 0.05) is 18.1 Å². The van der Waals surface area contributed by atoms with Gasteiger partial charge in [0.1, 0.15) is 6.54 Å². The SMILES string of the molecule is CN(Cc1ccccc1)C(=O)CN(c1ccc(Br)cc1)S(C)(=O)=O. The van der Waals surface area contributed by atoms with Crippen LogP contribution in [-0.2, 0) is 21.4 Å². The van der Waals surface area contributed by atoms with E-state index in [0.29, 0.717) is 12.2 Å². The molecule has 2 aromatic rings. The third kappa shape index (κ3) is 5.07. The van der Waals surface area contributed by atoms with Crippen molar-refractivity contribution in [3.63, 3.8) is 0 Å². The van der Waals surface area contributed by atoms with E-state index in [1.165, 1.54) is 4.90 Å². The molecule has 0 aliphatic heterocycles. The summed E-state index contributed by atoms with van der Waals surface area (Å²) in [7, 11) is -1.90. The Hall–Kier alpha value is -1.86. The predicted molar refractivity (Wildman–Crippen MR) is 99.2 cm³/mol. The van der Waals surface area contributed by atoms with Gasteiger partial charge in [-0.25, -0.2) is 8.42 Å². The fraction of sp³-hybridized carbons (Fsp3) is 0.235. The molecule has 0 bridgehead atoms. The first-order chi connectivity index (χ1) is 11.3. The third-order valence-corrected chi connectivity index (χ3v) is 5.15. The van der Waals surface area contributed by atoms with Crippen LogP contribution in [0.15, 0.2) is 59.1 Å². The molecule has 7 heteroatoms. The number of hydrogen-bond donors (Lipinski definition) is 0. The van der Waals surface area contributed by atoms with Gasteiger partial charge in [0.2, 0.25) is 15.9 Å². The van der Waals surface area contributed by atoms with E-state index in [9.17, 15) is 13.2 Å². The Morgan fingerprint density at radius 2 is 1.62 bits per heavy atom. The topological polar surface area (TPSA) is 57.7 Å². The lowest BCUT2D eigenvalue weighted by molar-refractivity contribution is -0.128. The number of anilines is 1. The summed E-state index contributed by atoms with van der Waals surface area (Å²) in [6.07, 6.45) is 1.10. The van der Waals surface area contributed by atoms with Crippen molar-refractivity contribution in [2.45, 2.75) is 6.54 Å². The smallest absolute Gasteiger partial charge is 0.243 e. The number of sulfonamides is 1. The number of nitrogens with zero attached hydrogens (tertiary/aromatic N) is 2. The van der Waals surface area contributed by atoms with Gasteiger partial charge in [-0.2, -0.15) is 0 Å². The zero-order chi connectivity index (χ0) is 17.7. The third-order valence-electron chi connectivity index (χ3n) is 3.48. The summed E-state index contributed by atoms with van der Waals surface area (Å²) in [4.78, 5) is 14.0. The quantitative estimate of drug-likeness (QED) is 0.735. The van der Waals surface area contributed by atoms with Crippen LogP contribution >= 0.6 is 15.9 Å². The largest absolute Gasteiger partial charge is 0.340 e. The Balaban J connectivity index is 2.14. The van der Waals surface area contributed by atoms with Crippen LogP contribution in [0, 0.1) is 0 Å². The molecule has 0 aliphatic rings. The van der Waals surface area contributed by atoms with Crippen LogP contribution in [0.5, 0.6) is 0 Å². The lowest BCUT2D eigenvalue weighted by Gasteiger charge is -2.25. The fourth-order valence-corrected chi connectivity index (χ4v) is 3.31. The van der Waals surface area contributed by atoms with Crippen molar-refractivity contribution < 1.29 is 13.2 Å². The highest BCUT2D eigenvalue weighted by molar-refractivity contribution is 9.10. The molecular formula is C17H19BrN2O3S. The van der Waals surface area contributed by atoms with Crippen LogP contribution < -0.4 is 4.31 Å². The van der Waals surface area contributed by atoms with Crippen LogP contribution in [0.4, 0.5) is 5.69 Å². The predicted octanol–water partition coefficient (Wildman–Crippen LogP) is 2.87. The monoisotopic (exact) mass is 410 g/mol. The second-order valence-electron chi connectivity index (χ2n) is 5.48. The van der Waals surface area contributed by atoms with Gasteiger partial charge in [-0.1, -0.05) is 46.3 Å². The maximum Gasteiger partial charge on any atom is 0.243 e. The Labute approximate surface area is 151 Å². The molecule has 2 rings (SSSR count). The molecule has 0 saturated carbocycles. The van der Waals surface area contributed by atoms with Crippen molar-refractivity contribution in [3.8, 4) is 0 Å². The standard InChI is InChI=1S/C17H19BrN2O3S/c1-19(12-14-6-4-3-5-7-14)17(21)13-20(24(2,22)23)16-10-8-15(18)9-11-16/h3-11H,12-13H2,1-2H3.